The van der Waals surface area contributed by atoms with Gasteiger partial charge in [-0.05, 0) is 56.2 Å². The van der Waals surface area contributed by atoms with Crippen molar-refractivity contribution < 1.29 is 14.3 Å². The first-order valence-corrected chi connectivity index (χ1v) is 10.6. The molecule has 156 valence electrons. The van der Waals surface area contributed by atoms with Crippen molar-refractivity contribution in [2.24, 2.45) is 0 Å². The lowest BCUT2D eigenvalue weighted by Gasteiger charge is -2.38. The van der Waals surface area contributed by atoms with Crippen molar-refractivity contribution in [3.05, 3.63) is 71.8 Å². The minimum Gasteiger partial charge on any atom is -0.487 e. The number of carbonyl (C=O) groups excluding carboxylic acids is 1. The van der Waals surface area contributed by atoms with Crippen LogP contribution in [0.1, 0.15) is 50.8 Å². The number of hydrogen-bond acceptors (Lipinski definition) is 3. The number of amides is 1. The van der Waals surface area contributed by atoms with Gasteiger partial charge in [0.2, 0.25) is 0 Å². The third kappa shape index (κ3) is 4.28. The van der Waals surface area contributed by atoms with Gasteiger partial charge in [-0.1, -0.05) is 55.0 Å². The van der Waals surface area contributed by atoms with Crippen LogP contribution in [-0.2, 0) is 4.79 Å². The van der Waals surface area contributed by atoms with Crippen LogP contribution in [0.2, 0.25) is 0 Å². The second-order valence-electron chi connectivity index (χ2n) is 8.69. The van der Waals surface area contributed by atoms with Gasteiger partial charge in [0, 0.05) is 12.0 Å². The molecule has 0 bridgehead atoms. The van der Waals surface area contributed by atoms with Crippen LogP contribution in [0, 0.1) is 6.92 Å². The van der Waals surface area contributed by atoms with E-state index in [2.05, 4.69) is 38.2 Å². The summed E-state index contributed by atoms with van der Waals surface area (Å²) in [5.74, 6) is 1.45. The monoisotopic (exact) mass is 403 g/mol. The van der Waals surface area contributed by atoms with E-state index in [9.17, 15) is 4.79 Å². The lowest BCUT2D eigenvalue weighted by atomic mass is 9.88. The van der Waals surface area contributed by atoms with E-state index < -0.39 is 6.10 Å². The molecule has 1 aliphatic heterocycles. The molecule has 0 saturated carbocycles. The van der Waals surface area contributed by atoms with Crippen molar-refractivity contribution in [2.45, 2.75) is 58.3 Å². The van der Waals surface area contributed by atoms with Crippen molar-refractivity contribution in [3.63, 3.8) is 0 Å². The van der Waals surface area contributed by atoms with Gasteiger partial charge in [0.25, 0.3) is 5.91 Å². The van der Waals surface area contributed by atoms with E-state index in [1.165, 1.54) is 0 Å². The van der Waals surface area contributed by atoms with Crippen molar-refractivity contribution in [2.75, 3.05) is 0 Å². The Morgan fingerprint density at radius 2 is 1.90 bits per heavy atom. The lowest BCUT2D eigenvalue weighted by Crippen LogP contribution is -2.45. The molecule has 0 fully saturated rings. The summed E-state index contributed by atoms with van der Waals surface area (Å²) in [5, 5.41) is 5.47. The number of rotatable bonds is 5. The predicted octanol–water partition coefficient (Wildman–Crippen LogP) is 5.72. The summed E-state index contributed by atoms with van der Waals surface area (Å²) in [4.78, 5) is 13.1. The lowest BCUT2D eigenvalue weighted by molar-refractivity contribution is -0.129. The Morgan fingerprint density at radius 1 is 1.13 bits per heavy atom. The van der Waals surface area contributed by atoms with Crippen LogP contribution in [0.3, 0.4) is 0 Å². The molecule has 4 heteroatoms. The Labute approximate surface area is 178 Å². The standard InChI is InChI=1S/C26H29NO3/c1-5-23(29-20-12-11-18-8-6-7-9-19(18)15-20)25(28)27-22-16-26(3,4)30-24-13-10-17(2)14-21(22)24/h6-15,22-23H,5,16H2,1-4H3,(H,27,28)/t22-,23-/m1/s1. The van der Waals surface area contributed by atoms with Gasteiger partial charge >= 0.3 is 0 Å². The number of fused-ring (bicyclic) bond motifs is 2. The van der Waals surface area contributed by atoms with E-state index in [4.69, 9.17) is 9.47 Å². The summed E-state index contributed by atoms with van der Waals surface area (Å²) in [6.07, 6.45) is 0.749. The number of carbonyl (C=O) groups is 1. The van der Waals surface area contributed by atoms with Gasteiger partial charge < -0.3 is 14.8 Å². The third-order valence-corrected chi connectivity index (χ3v) is 5.60. The molecule has 1 aliphatic rings. The van der Waals surface area contributed by atoms with E-state index in [0.29, 0.717) is 18.6 Å². The molecule has 1 amide bonds. The highest BCUT2D eigenvalue weighted by Gasteiger charge is 2.35. The summed E-state index contributed by atoms with van der Waals surface area (Å²) in [7, 11) is 0. The zero-order valence-corrected chi connectivity index (χ0v) is 18.1. The van der Waals surface area contributed by atoms with Crippen LogP contribution in [0.25, 0.3) is 10.8 Å². The van der Waals surface area contributed by atoms with Gasteiger partial charge in [-0.15, -0.1) is 0 Å². The highest BCUT2D eigenvalue weighted by atomic mass is 16.5. The Hall–Kier alpha value is -3.01. The van der Waals surface area contributed by atoms with Crippen LogP contribution in [0.4, 0.5) is 0 Å². The Morgan fingerprint density at radius 3 is 2.67 bits per heavy atom. The van der Waals surface area contributed by atoms with Gasteiger partial charge in [0.05, 0.1) is 6.04 Å². The van der Waals surface area contributed by atoms with E-state index in [1.807, 2.05) is 55.5 Å². The molecule has 0 saturated heterocycles. The average Bonchev–Trinajstić information content (AvgIpc) is 2.71. The predicted molar refractivity (Wildman–Crippen MR) is 120 cm³/mol. The first kappa shape index (κ1) is 20.3. The SMILES string of the molecule is CC[C@@H](Oc1ccc2ccccc2c1)C(=O)N[C@@H]1CC(C)(C)Oc2ccc(C)cc21. The summed E-state index contributed by atoms with van der Waals surface area (Å²) in [5.41, 5.74) is 1.83. The number of hydrogen-bond donors (Lipinski definition) is 1. The smallest absolute Gasteiger partial charge is 0.261 e. The number of nitrogens with one attached hydrogen (secondary N) is 1. The zero-order chi connectivity index (χ0) is 21.3. The number of benzene rings is 3. The molecule has 4 nitrogen and oxygen atoms in total. The summed E-state index contributed by atoms with van der Waals surface area (Å²) < 4.78 is 12.2. The summed E-state index contributed by atoms with van der Waals surface area (Å²) in [6, 6.07) is 20.1. The molecule has 0 radical (unpaired) electrons. The Kier molecular flexibility index (Phi) is 5.42. The minimum atomic E-state index is -0.551. The molecule has 1 heterocycles. The van der Waals surface area contributed by atoms with Crippen LogP contribution in [-0.4, -0.2) is 17.6 Å². The molecule has 0 aromatic heterocycles. The molecule has 0 aliphatic carbocycles. The van der Waals surface area contributed by atoms with E-state index in [0.717, 1.165) is 27.6 Å². The molecule has 2 atom stereocenters. The molecule has 0 unspecified atom stereocenters. The van der Waals surface area contributed by atoms with E-state index >= 15 is 0 Å². The summed E-state index contributed by atoms with van der Waals surface area (Å²) >= 11 is 0. The van der Waals surface area contributed by atoms with Crippen molar-refractivity contribution >= 4 is 16.7 Å². The van der Waals surface area contributed by atoms with E-state index in [1.54, 1.807) is 0 Å². The highest BCUT2D eigenvalue weighted by molar-refractivity contribution is 5.84. The second kappa shape index (κ2) is 8.02. The fourth-order valence-corrected chi connectivity index (χ4v) is 4.09. The van der Waals surface area contributed by atoms with Gasteiger partial charge in [-0.2, -0.15) is 0 Å². The van der Waals surface area contributed by atoms with Crippen LogP contribution < -0.4 is 14.8 Å². The normalized spacial score (nSPS) is 18.2. The van der Waals surface area contributed by atoms with Gasteiger partial charge in [-0.3, -0.25) is 4.79 Å². The number of ether oxygens (including phenoxy) is 2. The van der Waals surface area contributed by atoms with E-state index in [-0.39, 0.29) is 17.6 Å². The third-order valence-electron chi connectivity index (χ3n) is 5.60. The fraction of sp³-hybridized carbons (Fsp3) is 0.346. The number of aryl methyl sites for hydroxylation is 1. The molecule has 3 aromatic carbocycles. The molecule has 1 N–H and O–H groups in total. The second-order valence-corrected chi connectivity index (χ2v) is 8.69. The molecular formula is C26H29NO3. The molecule has 0 spiro atoms. The molecule has 30 heavy (non-hydrogen) atoms. The minimum absolute atomic E-state index is 0.0965. The Balaban J connectivity index is 1.53. The molecular weight excluding hydrogens is 374 g/mol. The zero-order valence-electron chi connectivity index (χ0n) is 18.1. The quantitative estimate of drug-likeness (QED) is 0.592. The first-order chi connectivity index (χ1) is 14.3. The topological polar surface area (TPSA) is 47.6 Å². The van der Waals surface area contributed by atoms with Crippen LogP contribution in [0.15, 0.2) is 60.7 Å². The van der Waals surface area contributed by atoms with Crippen molar-refractivity contribution in [3.8, 4) is 11.5 Å². The Bertz CT molecular complexity index is 1070. The van der Waals surface area contributed by atoms with Gasteiger partial charge in [0.1, 0.15) is 17.1 Å². The fourth-order valence-electron chi connectivity index (χ4n) is 4.09. The van der Waals surface area contributed by atoms with Crippen molar-refractivity contribution in [1.82, 2.24) is 5.32 Å². The van der Waals surface area contributed by atoms with Crippen LogP contribution in [0.5, 0.6) is 11.5 Å². The molecule has 3 aromatic rings. The summed E-state index contributed by atoms with van der Waals surface area (Å²) in [6.45, 7) is 8.13. The van der Waals surface area contributed by atoms with Crippen LogP contribution >= 0.6 is 0 Å². The maximum atomic E-state index is 13.1. The first-order valence-electron chi connectivity index (χ1n) is 10.6. The molecule has 4 rings (SSSR count). The maximum absolute atomic E-state index is 13.1. The van der Waals surface area contributed by atoms with Crippen molar-refractivity contribution in [1.29, 1.82) is 0 Å². The average molecular weight is 404 g/mol. The van der Waals surface area contributed by atoms with Gasteiger partial charge in [-0.25, -0.2) is 0 Å². The highest BCUT2D eigenvalue weighted by Crippen LogP contribution is 2.40. The van der Waals surface area contributed by atoms with Gasteiger partial charge in [0.15, 0.2) is 6.10 Å². The largest absolute Gasteiger partial charge is 0.487 e. The maximum Gasteiger partial charge on any atom is 0.261 e.